The lowest BCUT2D eigenvalue weighted by Crippen LogP contribution is -2.08. The van der Waals surface area contributed by atoms with Crippen LogP contribution < -0.4 is 5.73 Å². The van der Waals surface area contributed by atoms with Crippen molar-refractivity contribution in [3.63, 3.8) is 0 Å². The Labute approximate surface area is 136 Å². The van der Waals surface area contributed by atoms with Gasteiger partial charge in [0.25, 0.3) is 0 Å². The number of benzene rings is 1. The number of halogens is 1. The number of rotatable bonds is 1. The number of aryl methyl sites for hydroxylation is 1. The molecule has 1 aliphatic rings. The highest BCUT2D eigenvalue weighted by Crippen LogP contribution is 2.36. The van der Waals surface area contributed by atoms with Crippen LogP contribution in [0.2, 0.25) is 0 Å². The lowest BCUT2D eigenvalue weighted by Gasteiger charge is -2.20. The molecule has 106 valence electrons. The first kappa shape index (κ1) is 13.1. The fourth-order valence-corrected chi connectivity index (χ4v) is 3.76. The Bertz CT molecular complexity index is 838. The van der Waals surface area contributed by atoms with Crippen LogP contribution in [0.15, 0.2) is 24.3 Å². The van der Waals surface area contributed by atoms with Gasteiger partial charge >= 0.3 is 0 Å². The molecular weight excluding hydrogens is 375 g/mol. The number of pyridine rings is 1. The summed E-state index contributed by atoms with van der Waals surface area (Å²) < 4.78 is 1.22. The van der Waals surface area contributed by atoms with E-state index in [-0.39, 0.29) is 0 Å². The third-order valence-corrected chi connectivity index (χ3v) is 4.82. The predicted octanol–water partition coefficient (Wildman–Crippen LogP) is 3.69. The first-order valence-corrected chi connectivity index (χ1v) is 8.23. The monoisotopic (exact) mass is 390 g/mol. The topological polar surface area (TPSA) is 67.6 Å². The molecule has 0 amide bonds. The maximum atomic E-state index is 6.03. The van der Waals surface area contributed by atoms with E-state index in [9.17, 15) is 0 Å². The number of aromatic amines is 1. The molecule has 2 aromatic heterocycles. The van der Waals surface area contributed by atoms with Crippen LogP contribution in [0.25, 0.3) is 22.3 Å². The number of nitrogen functional groups attached to an aromatic ring is 1. The van der Waals surface area contributed by atoms with Gasteiger partial charge in [-0.05, 0) is 71.5 Å². The predicted molar refractivity (Wildman–Crippen MR) is 93.1 cm³/mol. The highest BCUT2D eigenvalue weighted by Gasteiger charge is 2.21. The van der Waals surface area contributed by atoms with Crippen LogP contribution in [-0.2, 0) is 12.8 Å². The standard InChI is InChI=1S/C16H15IN4/c17-10-5-3-4-9(8-10)14-12-7-2-1-6-11(12)13-15(18)20-21-16(13)19-14/h3-5,8H,1-2,6-7H2,(H3,18,19,20,21). The van der Waals surface area contributed by atoms with E-state index >= 15 is 0 Å². The molecular formula is C16H15IN4. The fraction of sp³-hybridized carbons (Fsp3) is 0.250. The Balaban J connectivity index is 2.05. The van der Waals surface area contributed by atoms with E-state index in [2.05, 4.69) is 57.1 Å². The van der Waals surface area contributed by atoms with Gasteiger partial charge in [0.05, 0.1) is 11.1 Å². The maximum absolute atomic E-state index is 6.03. The number of anilines is 1. The summed E-state index contributed by atoms with van der Waals surface area (Å²) >= 11 is 2.34. The van der Waals surface area contributed by atoms with Crippen LogP contribution >= 0.6 is 22.6 Å². The number of H-pyrrole nitrogens is 1. The lowest BCUT2D eigenvalue weighted by molar-refractivity contribution is 0.689. The molecule has 0 unspecified atom stereocenters. The van der Waals surface area contributed by atoms with Gasteiger partial charge in [-0.3, -0.25) is 5.10 Å². The number of hydrogen-bond donors (Lipinski definition) is 2. The molecule has 0 fully saturated rings. The van der Waals surface area contributed by atoms with Crippen molar-refractivity contribution in [2.75, 3.05) is 5.73 Å². The first-order chi connectivity index (χ1) is 10.2. The van der Waals surface area contributed by atoms with Crippen LogP contribution in [0.5, 0.6) is 0 Å². The zero-order valence-electron chi connectivity index (χ0n) is 11.5. The average molecular weight is 390 g/mol. The van der Waals surface area contributed by atoms with Gasteiger partial charge in [-0.25, -0.2) is 4.98 Å². The summed E-state index contributed by atoms with van der Waals surface area (Å²) in [6.45, 7) is 0. The van der Waals surface area contributed by atoms with E-state index < -0.39 is 0 Å². The second kappa shape index (κ2) is 4.98. The number of fused-ring (bicyclic) bond motifs is 3. The summed E-state index contributed by atoms with van der Waals surface area (Å²) in [7, 11) is 0. The quantitative estimate of drug-likeness (QED) is 0.623. The zero-order chi connectivity index (χ0) is 14.4. The van der Waals surface area contributed by atoms with Gasteiger partial charge in [0.1, 0.15) is 0 Å². The zero-order valence-corrected chi connectivity index (χ0v) is 13.6. The van der Waals surface area contributed by atoms with E-state index in [1.165, 1.54) is 33.1 Å². The smallest absolute Gasteiger partial charge is 0.158 e. The summed E-state index contributed by atoms with van der Waals surface area (Å²) in [6.07, 6.45) is 4.57. The van der Waals surface area contributed by atoms with Crippen LogP contribution in [0.3, 0.4) is 0 Å². The molecule has 5 heteroatoms. The normalized spacial score (nSPS) is 14.3. The number of nitrogens with two attached hydrogens (primary N) is 1. The maximum Gasteiger partial charge on any atom is 0.158 e. The molecule has 2 heterocycles. The summed E-state index contributed by atoms with van der Waals surface area (Å²) in [6, 6.07) is 8.50. The van der Waals surface area contributed by atoms with Crippen molar-refractivity contribution in [3.05, 3.63) is 39.0 Å². The van der Waals surface area contributed by atoms with E-state index in [1.54, 1.807) is 0 Å². The van der Waals surface area contributed by atoms with Crippen molar-refractivity contribution < 1.29 is 0 Å². The first-order valence-electron chi connectivity index (χ1n) is 7.15. The molecule has 4 rings (SSSR count). The summed E-state index contributed by atoms with van der Waals surface area (Å²) in [5, 5.41) is 8.15. The Hall–Kier alpha value is -1.63. The van der Waals surface area contributed by atoms with Gasteiger partial charge in [0, 0.05) is 9.13 Å². The highest BCUT2D eigenvalue weighted by molar-refractivity contribution is 14.1. The second-order valence-corrected chi connectivity index (χ2v) is 6.71. The van der Waals surface area contributed by atoms with E-state index in [4.69, 9.17) is 10.7 Å². The number of aromatic nitrogens is 3. The third kappa shape index (κ3) is 2.10. The van der Waals surface area contributed by atoms with Crippen molar-refractivity contribution in [1.82, 2.24) is 15.2 Å². The highest BCUT2D eigenvalue weighted by atomic mass is 127. The Morgan fingerprint density at radius 2 is 1.95 bits per heavy atom. The molecule has 0 atom stereocenters. The number of hydrogen-bond acceptors (Lipinski definition) is 3. The van der Waals surface area contributed by atoms with Gasteiger partial charge in [0.15, 0.2) is 11.5 Å². The van der Waals surface area contributed by atoms with E-state index in [0.717, 1.165) is 29.6 Å². The molecule has 0 bridgehead atoms. The van der Waals surface area contributed by atoms with Gasteiger partial charge in [-0.15, -0.1) is 0 Å². The van der Waals surface area contributed by atoms with Gasteiger partial charge < -0.3 is 5.73 Å². The Morgan fingerprint density at radius 3 is 2.76 bits per heavy atom. The molecule has 4 nitrogen and oxygen atoms in total. The van der Waals surface area contributed by atoms with Gasteiger partial charge in [0.2, 0.25) is 0 Å². The second-order valence-electron chi connectivity index (χ2n) is 5.47. The van der Waals surface area contributed by atoms with Crippen molar-refractivity contribution in [2.24, 2.45) is 0 Å². The van der Waals surface area contributed by atoms with E-state index in [1.807, 2.05) is 0 Å². The molecule has 0 saturated heterocycles. The molecule has 3 aromatic rings. The van der Waals surface area contributed by atoms with Gasteiger partial charge in [-0.1, -0.05) is 12.1 Å². The van der Waals surface area contributed by atoms with Crippen molar-refractivity contribution in [3.8, 4) is 11.3 Å². The number of nitrogens with one attached hydrogen (secondary N) is 1. The van der Waals surface area contributed by atoms with Crippen molar-refractivity contribution in [1.29, 1.82) is 0 Å². The largest absolute Gasteiger partial charge is 0.382 e. The summed E-state index contributed by atoms with van der Waals surface area (Å²) in [5.74, 6) is 0.574. The Morgan fingerprint density at radius 1 is 1.14 bits per heavy atom. The lowest BCUT2D eigenvalue weighted by atomic mass is 9.87. The van der Waals surface area contributed by atoms with Crippen LogP contribution in [-0.4, -0.2) is 15.2 Å². The summed E-state index contributed by atoms with van der Waals surface area (Å²) in [5.41, 5.74) is 11.8. The SMILES string of the molecule is Nc1n[nH]c2nc(-c3cccc(I)c3)c3c(c12)CCCC3. The molecule has 1 aromatic carbocycles. The van der Waals surface area contributed by atoms with Crippen LogP contribution in [0, 0.1) is 3.57 Å². The minimum atomic E-state index is 0.574. The minimum absolute atomic E-state index is 0.574. The molecule has 21 heavy (non-hydrogen) atoms. The van der Waals surface area contributed by atoms with E-state index in [0.29, 0.717) is 5.82 Å². The molecule has 3 N–H and O–H groups in total. The third-order valence-electron chi connectivity index (χ3n) is 4.15. The Kier molecular flexibility index (Phi) is 3.10. The van der Waals surface area contributed by atoms with Crippen LogP contribution in [0.4, 0.5) is 5.82 Å². The minimum Gasteiger partial charge on any atom is -0.382 e. The van der Waals surface area contributed by atoms with Crippen LogP contribution in [0.1, 0.15) is 24.0 Å². The number of nitrogens with zero attached hydrogens (tertiary/aromatic N) is 2. The molecule has 0 saturated carbocycles. The molecule has 0 spiro atoms. The van der Waals surface area contributed by atoms with Crippen molar-refractivity contribution >= 4 is 39.4 Å². The average Bonchev–Trinajstić information content (AvgIpc) is 2.88. The summed E-state index contributed by atoms with van der Waals surface area (Å²) in [4.78, 5) is 4.82. The van der Waals surface area contributed by atoms with Gasteiger partial charge in [-0.2, -0.15) is 5.10 Å². The fourth-order valence-electron chi connectivity index (χ4n) is 3.22. The molecule has 0 aliphatic heterocycles. The molecule has 0 radical (unpaired) electrons. The van der Waals surface area contributed by atoms with Crippen molar-refractivity contribution in [2.45, 2.75) is 25.7 Å². The molecule has 1 aliphatic carbocycles.